The Labute approximate surface area is 115 Å². The number of ether oxygens (including phenoxy) is 2. The number of nitrogens with one attached hydrogen (secondary N) is 1. The van der Waals surface area contributed by atoms with E-state index in [1.165, 1.54) is 0 Å². The van der Waals surface area contributed by atoms with Gasteiger partial charge < -0.3 is 14.5 Å². The Hall–Kier alpha value is -2.63. The van der Waals surface area contributed by atoms with Gasteiger partial charge in [0.15, 0.2) is 11.3 Å². The van der Waals surface area contributed by atoms with Gasteiger partial charge in [-0.15, -0.1) is 0 Å². The molecule has 2 heterocycles. The molecule has 0 bridgehead atoms. The summed E-state index contributed by atoms with van der Waals surface area (Å²) in [5.41, 5.74) is 2.08. The fraction of sp³-hybridized carbons (Fsp3) is 0.214. The molecular weight excluding hydrogens is 256 g/mol. The lowest BCUT2D eigenvalue weighted by Gasteiger charge is -2.09. The summed E-state index contributed by atoms with van der Waals surface area (Å²) in [7, 11) is 1.62. The molecule has 0 aliphatic heterocycles. The molecule has 0 amide bonds. The van der Waals surface area contributed by atoms with E-state index in [-0.39, 0.29) is 0 Å². The molecule has 0 saturated carbocycles. The van der Waals surface area contributed by atoms with E-state index < -0.39 is 0 Å². The van der Waals surface area contributed by atoms with Crippen LogP contribution in [0.3, 0.4) is 0 Å². The Morgan fingerprint density at radius 2 is 2.05 bits per heavy atom. The molecule has 1 aromatic carbocycles. The minimum Gasteiger partial charge on any atom is -0.496 e. The van der Waals surface area contributed by atoms with Crippen LogP contribution in [-0.4, -0.2) is 33.7 Å². The van der Waals surface area contributed by atoms with Gasteiger partial charge >= 0.3 is 0 Å². The molecule has 0 atom stereocenters. The van der Waals surface area contributed by atoms with E-state index in [1.807, 2.05) is 25.1 Å². The van der Waals surface area contributed by atoms with E-state index in [2.05, 4.69) is 19.9 Å². The second-order valence-corrected chi connectivity index (χ2v) is 4.11. The number of imidazole rings is 1. The molecule has 102 valence electrons. The average molecular weight is 270 g/mol. The summed E-state index contributed by atoms with van der Waals surface area (Å²) in [5, 5.41) is 0. The lowest BCUT2D eigenvalue weighted by Crippen LogP contribution is -1.94. The summed E-state index contributed by atoms with van der Waals surface area (Å²) in [6.07, 6.45) is 3.24. The van der Waals surface area contributed by atoms with Crippen molar-refractivity contribution in [2.75, 3.05) is 13.7 Å². The number of benzene rings is 1. The molecule has 0 aliphatic carbocycles. The number of hydrogen-bond donors (Lipinski definition) is 1. The monoisotopic (exact) mass is 270 g/mol. The van der Waals surface area contributed by atoms with Crippen molar-refractivity contribution in [2.45, 2.75) is 6.92 Å². The minimum absolute atomic E-state index is 0.582. The maximum Gasteiger partial charge on any atom is 0.197 e. The quantitative estimate of drug-likeness (QED) is 0.788. The smallest absolute Gasteiger partial charge is 0.197 e. The van der Waals surface area contributed by atoms with Crippen LogP contribution in [0.1, 0.15) is 6.92 Å². The second kappa shape index (κ2) is 5.16. The average Bonchev–Trinajstić information content (AvgIpc) is 2.91. The highest BCUT2D eigenvalue weighted by atomic mass is 16.5. The SMILES string of the molecule is CCOc1ccc(-c2nc3nccnc3[nH]2)c(OC)c1. The van der Waals surface area contributed by atoms with E-state index in [9.17, 15) is 0 Å². The first kappa shape index (κ1) is 12.4. The van der Waals surface area contributed by atoms with E-state index in [1.54, 1.807) is 19.5 Å². The molecule has 2 aromatic heterocycles. The number of fused-ring (bicyclic) bond motifs is 1. The summed E-state index contributed by atoms with van der Waals surface area (Å²) in [5.74, 6) is 2.13. The van der Waals surface area contributed by atoms with Crippen LogP contribution in [0.5, 0.6) is 11.5 Å². The largest absolute Gasteiger partial charge is 0.496 e. The highest BCUT2D eigenvalue weighted by Gasteiger charge is 2.12. The third-order valence-corrected chi connectivity index (χ3v) is 2.87. The van der Waals surface area contributed by atoms with Crippen molar-refractivity contribution >= 4 is 11.3 Å². The molecule has 0 unspecified atom stereocenters. The van der Waals surface area contributed by atoms with Crippen molar-refractivity contribution in [3.8, 4) is 22.9 Å². The number of aromatic nitrogens is 4. The summed E-state index contributed by atoms with van der Waals surface area (Å²) in [6.45, 7) is 2.55. The molecule has 0 radical (unpaired) electrons. The molecule has 3 rings (SSSR count). The third-order valence-electron chi connectivity index (χ3n) is 2.87. The number of hydrogen-bond acceptors (Lipinski definition) is 5. The number of aromatic amines is 1. The van der Waals surface area contributed by atoms with Crippen molar-refractivity contribution < 1.29 is 9.47 Å². The predicted molar refractivity (Wildman–Crippen MR) is 74.8 cm³/mol. The van der Waals surface area contributed by atoms with E-state index in [0.717, 1.165) is 11.3 Å². The van der Waals surface area contributed by atoms with Gasteiger partial charge in [-0.1, -0.05) is 0 Å². The summed E-state index contributed by atoms with van der Waals surface area (Å²) in [6, 6.07) is 5.63. The fourth-order valence-electron chi connectivity index (χ4n) is 2.00. The topological polar surface area (TPSA) is 72.9 Å². The molecule has 6 nitrogen and oxygen atoms in total. The Morgan fingerprint density at radius 1 is 1.20 bits per heavy atom. The summed E-state index contributed by atoms with van der Waals surface area (Å²) in [4.78, 5) is 15.9. The van der Waals surface area contributed by atoms with Crippen LogP contribution in [0.15, 0.2) is 30.6 Å². The molecule has 6 heteroatoms. The van der Waals surface area contributed by atoms with Gasteiger partial charge in [0.1, 0.15) is 17.3 Å². The zero-order chi connectivity index (χ0) is 13.9. The third kappa shape index (κ3) is 2.16. The lowest BCUT2D eigenvalue weighted by molar-refractivity contribution is 0.336. The molecule has 20 heavy (non-hydrogen) atoms. The standard InChI is InChI=1S/C14H14N4O2/c1-3-20-9-4-5-10(11(8-9)19-2)12-17-13-14(18-12)16-7-6-15-13/h4-8H,3H2,1-2H3,(H,15,16,17,18). The predicted octanol–water partition coefficient (Wildman–Crippen LogP) is 2.43. The first-order chi connectivity index (χ1) is 9.81. The molecule has 3 aromatic rings. The van der Waals surface area contributed by atoms with Gasteiger partial charge in [0, 0.05) is 18.5 Å². The van der Waals surface area contributed by atoms with Crippen molar-refractivity contribution in [1.82, 2.24) is 19.9 Å². The van der Waals surface area contributed by atoms with E-state index in [0.29, 0.717) is 29.5 Å². The zero-order valence-corrected chi connectivity index (χ0v) is 11.3. The Bertz CT molecular complexity index is 706. The maximum atomic E-state index is 5.46. The zero-order valence-electron chi connectivity index (χ0n) is 11.3. The molecule has 0 aliphatic rings. The molecular formula is C14H14N4O2. The van der Waals surface area contributed by atoms with Crippen LogP contribution in [-0.2, 0) is 0 Å². The van der Waals surface area contributed by atoms with Gasteiger partial charge in [0.25, 0.3) is 0 Å². The van der Waals surface area contributed by atoms with Crippen molar-refractivity contribution in [2.24, 2.45) is 0 Å². The van der Waals surface area contributed by atoms with Gasteiger partial charge in [-0.25, -0.2) is 15.0 Å². The van der Waals surface area contributed by atoms with E-state index >= 15 is 0 Å². The molecule has 1 N–H and O–H groups in total. The molecule has 0 spiro atoms. The van der Waals surface area contributed by atoms with Gasteiger partial charge in [-0.2, -0.15) is 0 Å². The van der Waals surface area contributed by atoms with Crippen molar-refractivity contribution in [3.63, 3.8) is 0 Å². The molecule has 0 saturated heterocycles. The highest BCUT2D eigenvalue weighted by molar-refractivity contribution is 5.75. The van der Waals surface area contributed by atoms with Crippen molar-refractivity contribution in [3.05, 3.63) is 30.6 Å². The maximum absolute atomic E-state index is 5.46. The second-order valence-electron chi connectivity index (χ2n) is 4.11. The van der Waals surface area contributed by atoms with Crippen LogP contribution < -0.4 is 9.47 Å². The van der Waals surface area contributed by atoms with Gasteiger partial charge in [-0.3, -0.25) is 0 Å². The first-order valence-electron chi connectivity index (χ1n) is 6.29. The van der Waals surface area contributed by atoms with Crippen molar-refractivity contribution in [1.29, 1.82) is 0 Å². The minimum atomic E-state index is 0.582. The molecule has 0 fully saturated rings. The van der Waals surface area contributed by atoms with Gasteiger partial charge in [0.2, 0.25) is 0 Å². The number of methoxy groups -OCH3 is 1. The fourth-order valence-corrected chi connectivity index (χ4v) is 2.00. The van der Waals surface area contributed by atoms with Crippen LogP contribution in [0.25, 0.3) is 22.7 Å². The summed E-state index contributed by atoms with van der Waals surface area (Å²) < 4.78 is 10.9. The number of H-pyrrole nitrogens is 1. The van der Waals surface area contributed by atoms with Crippen LogP contribution >= 0.6 is 0 Å². The lowest BCUT2D eigenvalue weighted by atomic mass is 10.2. The van der Waals surface area contributed by atoms with E-state index in [4.69, 9.17) is 9.47 Å². The summed E-state index contributed by atoms with van der Waals surface area (Å²) >= 11 is 0. The number of nitrogens with zero attached hydrogens (tertiary/aromatic N) is 3. The number of rotatable bonds is 4. The first-order valence-corrected chi connectivity index (χ1v) is 6.29. The highest BCUT2D eigenvalue weighted by Crippen LogP contribution is 2.32. The van der Waals surface area contributed by atoms with Crippen LogP contribution in [0, 0.1) is 0 Å². The van der Waals surface area contributed by atoms with Gasteiger partial charge in [0.05, 0.1) is 19.3 Å². The normalized spacial score (nSPS) is 10.7. The van der Waals surface area contributed by atoms with Crippen LogP contribution in [0.4, 0.5) is 0 Å². The Morgan fingerprint density at radius 3 is 2.80 bits per heavy atom. The Kier molecular flexibility index (Phi) is 3.20. The Balaban J connectivity index is 2.08. The van der Waals surface area contributed by atoms with Gasteiger partial charge in [-0.05, 0) is 19.1 Å². The van der Waals surface area contributed by atoms with Crippen LogP contribution in [0.2, 0.25) is 0 Å².